The summed E-state index contributed by atoms with van der Waals surface area (Å²) < 4.78 is 5.26. The molecule has 1 aromatic heterocycles. The maximum Gasteiger partial charge on any atom is 0.254 e. The molecule has 2 heterocycles. The minimum Gasteiger partial charge on any atom is -0.378 e. The van der Waals surface area contributed by atoms with Crippen LogP contribution in [0.25, 0.3) is 11.0 Å². The molecule has 0 atom stereocenters. The zero-order chi connectivity index (χ0) is 12.5. The molecule has 1 aliphatic heterocycles. The highest BCUT2D eigenvalue weighted by molar-refractivity contribution is 5.99. The number of H-pyrrole nitrogens is 1. The molecule has 0 bridgehead atoms. The van der Waals surface area contributed by atoms with E-state index in [1.807, 2.05) is 24.0 Å². The smallest absolute Gasteiger partial charge is 0.254 e. The number of carbonyl (C=O) groups is 1. The lowest BCUT2D eigenvalue weighted by Crippen LogP contribution is -2.40. The number of aromatic nitrogens is 2. The summed E-state index contributed by atoms with van der Waals surface area (Å²) in [6.07, 6.45) is 1.65. The second-order valence-electron chi connectivity index (χ2n) is 4.49. The van der Waals surface area contributed by atoms with Crippen LogP contribution >= 0.6 is 0 Å². The van der Waals surface area contributed by atoms with Crippen LogP contribution in [0.1, 0.15) is 15.9 Å². The van der Waals surface area contributed by atoms with E-state index in [-0.39, 0.29) is 5.91 Å². The molecule has 0 aliphatic carbocycles. The van der Waals surface area contributed by atoms with Crippen LogP contribution in [0.2, 0.25) is 0 Å². The van der Waals surface area contributed by atoms with Crippen molar-refractivity contribution in [2.45, 2.75) is 6.92 Å². The van der Waals surface area contributed by atoms with Crippen molar-refractivity contribution >= 4 is 16.9 Å². The van der Waals surface area contributed by atoms with E-state index < -0.39 is 0 Å². The Hall–Kier alpha value is -1.88. The Bertz CT molecular complexity index is 585. The van der Waals surface area contributed by atoms with Crippen molar-refractivity contribution in [3.05, 3.63) is 29.6 Å². The van der Waals surface area contributed by atoms with Gasteiger partial charge in [0, 0.05) is 18.7 Å². The molecule has 3 rings (SSSR count). The van der Waals surface area contributed by atoms with E-state index in [4.69, 9.17) is 4.74 Å². The topological polar surface area (TPSA) is 58.2 Å². The molecule has 1 saturated heterocycles. The normalized spacial score (nSPS) is 16.2. The summed E-state index contributed by atoms with van der Waals surface area (Å²) in [5, 5.41) is 0. The van der Waals surface area contributed by atoms with E-state index >= 15 is 0 Å². The Kier molecular flexibility index (Phi) is 2.76. The summed E-state index contributed by atoms with van der Waals surface area (Å²) in [7, 11) is 0. The largest absolute Gasteiger partial charge is 0.378 e. The van der Waals surface area contributed by atoms with Crippen molar-refractivity contribution in [2.75, 3.05) is 26.3 Å². The van der Waals surface area contributed by atoms with Gasteiger partial charge in [0.05, 0.1) is 30.6 Å². The number of amides is 1. The van der Waals surface area contributed by atoms with Gasteiger partial charge in [0.25, 0.3) is 5.91 Å². The third kappa shape index (κ3) is 1.86. The molecule has 2 aromatic rings. The molecular weight excluding hydrogens is 230 g/mol. The third-order valence-corrected chi connectivity index (χ3v) is 3.30. The van der Waals surface area contributed by atoms with Gasteiger partial charge in [-0.25, -0.2) is 4.98 Å². The van der Waals surface area contributed by atoms with Gasteiger partial charge in [0.2, 0.25) is 0 Å². The van der Waals surface area contributed by atoms with Crippen LogP contribution in [0.4, 0.5) is 0 Å². The lowest BCUT2D eigenvalue weighted by atomic mass is 10.1. The number of imidazole rings is 1. The molecule has 5 nitrogen and oxygen atoms in total. The molecule has 1 aliphatic rings. The fourth-order valence-corrected chi connectivity index (χ4v) is 2.26. The lowest BCUT2D eigenvalue weighted by Gasteiger charge is -2.27. The van der Waals surface area contributed by atoms with Crippen LogP contribution in [-0.4, -0.2) is 47.1 Å². The number of hydrogen-bond acceptors (Lipinski definition) is 3. The Labute approximate surface area is 105 Å². The molecule has 0 radical (unpaired) electrons. The van der Waals surface area contributed by atoms with Crippen molar-refractivity contribution in [2.24, 2.45) is 0 Å². The van der Waals surface area contributed by atoms with E-state index in [1.54, 1.807) is 6.33 Å². The number of ether oxygens (including phenoxy) is 1. The van der Waals surface area contributed by atoms with Crippen molar-refractivity contribution in [3.63, 3.8) is 0 Å². The first kappa shape index (κ1) is 11.2. The molecule has 0 unspecified atom stereocenters. The number of aryl methyl sites for hydroxylation is 1. The van der Waals surface area contributed by atoms with Crippen molar-refractivity contribution in [3.8, 4) is 0 Å². The van der Waals surface area contributed by atoms with Crippen LogP contribution in [0, 0.1) is 6.92 Å². The van der Waals surface area contributed by atoms with E-state index in [0.29, 0.717) is 26.3 Å². The third-order valence-electron chi connectivity index (χ3n) is 3.30. The molecular formula is C13H15N3O2. The van der Waals surface area contributed by atoms with Crippen LogP contribution in [0.3, 0.4) is 0 Å². The SMILES string of the molecule is Cc1cc2[nH]cnc2cc1C(=O)N1CCOCC1. The van der Waals surface area contributed by atoms with Crippen molar-refractivity contribution < 1.29 is 9.53 Å². The molecule has 5 heteroatoms. The summed E-state index contributed by atoms with van der Waals surface area (Å²) in [6.45, 7) is 4.52. The second kappa shape index (κ2) is 4.42. The minimum absolute atomic E-state index is 0.0701. The number of benzene rings is 1. The first-order valence-corrected chi connectivity index (χ1v) is 6.06. The lowest BCUT2D eigenvalue weighted by molar-refractivity contribution is 0.0302. The summed E-state index contributed by atoms with van der Waals surface area (Å²) in [4.78, 5) is 21.5. The molecule has 0 saturated carbocycles. The van der Waals surface area contributed by atoms with Gasteiger partial charge in [-0.2, -0.15) is 0 Å². The monoisotopic (exact) mass is 245 g/mol. The fourth-order valence-electron chi connectivity index (χ4n) is 2.26. The molecule has 0 spiro atoms. The molecule has 94 valence electrons. The Morgan fingerprint density at radius 2 is 2.17 bits per heavy atom. The molecule has 1 fully saturated rings. The number of aromatic amines is 1. The van der Waals surface area contributed by atoms with Gasteiger partial charge < -0.3 is 14.6 Å². The maximum absolute atomic E-state index is 12.4. The maximum atomic E-state index is 12.4. The number of hydrogen-bond donors (Lipinski definition) is 1. The van der Waals surface area contributed by atoms with Gasteiger partial charge in [-0.05, 0) is 24.6 Å². The highest BCUT2D eigenvalue weighted by Gasteiger charge is 2.20. The number of fused-ring (bicyclic) bond motifs is 1. The van der Waals surface area contributed by atoms with Gasteiger partial charge in [0.15, 0.2) is 0 Å². The first-order valence-electron chi connectivity index (χ1n) is 6.06. The van der Waals surface area contributed by atoms with E-state index in [9.17, 15) is 4.79 Å². The van der Waals surface area contributed by atoms with Crippen LogP contribution in [0.15, 0.2) is 18.5 Å². The number of morpholine rings is 1. The van der Waals surface area contributed by atoms with Crippen LogP contribution in [0.5, 0.6) is 0 Å². The van der Waals surface area contributed by atoms with Crippen molar-refractivity contribution in [1.29, 1.82) is 0 Å². The zero-order valence-corrected chi connectivity index (χ0v) is 10.3. The standard InChI is InChI=1S/C13H15N3O2/c1-9-6-11-12(15-8-14-11)7-10(9)13(17)16-2-4-18-5-3-16/h6-8H,2-5H2,1H3,(H,14,15). The first-order chi connectivity index (χ1) is 8.75. The predicted molar refractivity (Wildman–Crippen MR) is 67.6 cm³/mol. The average Bonchev–Trinajstić information content (AvgIpc) is 2.85. The Morgan fingerprint density at radius 1 is 1.39 bits per heavy atom. The number of rotatable bonds is 1. The molecule has 18 heavy (non-hydrogen) atoms. The summed E-state index contributed by atoms with van der Waals surface area (Å²) in [6, 6.07) is 3.83. The van der Waals surface area contributed by atoms with Gasteiger partial charge in [-0.3, -0.25) is 4.79 Å². The quantitative estimate of drug-likeness (QED) is 0.825. The number of carbonyl (C=O) groups excluding carboxylic acids is 1. The van der Waals surface area contributed by atoms with Gasteiger partial charge in [-0.15, -0.1) is 0 Å². The zero-order valence-electron chi connectivity index (χ0n) is 10.3. The minimum atomic E-state index is 0.0701. The Morgan fingerprint density at radius 3 is 2.94 bits per heavy atom. The summed E-state index contributed by atoms with van der Waals surface area (Å²) in [5.41, 5.74) is 3.50. The van der Waals surface area contributed by atoms with E-state index in [2.05, 4.69) is 9.97 Å². The van der Waals surface area contributed by atoms with Crippen LogP contribution < -0.4 is 0 Å². The summed E-state index contributed by atoms with van der Waals surface area (Å²) >= 11 is 0. The molecule has 1 amide bonds. The van der Waals surface area contributed by atoms with Gasteiger partial charge in [-0.1, -0.05) is 0 Å². The molecule has 1 N–H and O–H groups in total. The number of nitrogens with one attached hydrogen (secondary N) is 1. The van der Waals surface area contributed by atoms with E-state index in [0.717, 1.165) is 22.2 Å². The number of nitrogens with zero attached hydrogens (tertiary/aromatic N) is 2. The average molecular weight is 245 g/mol. The highest BCUT2D eigenvalue weighted by atomic mass is 16.5. The van der Waals surface area contributed by atoms with Crippen LogP contribution in [-0.2, 0) is 4.74 Å². The van der Waals surface area contributed by atoms with Crippen molar-refractivity contribution in [1.82, 2.24) is 14.9 Å². The van der Waals surface area contributed by atoms with E-state index in [1.165, 1.54) is 0 Å². The highest BCUT2D eigenvalue weighted by Crippen LogP contribution is 2.18. The predicted octanol–water partition coefficient (Wildman–Crippen LogP) is 1.34. The summed E-state index contributed by atoms with van der Waals surface area (Å²) in [5.74, 6) is 0.0701. The van der Waals surface area contributed by atoms with Gasteiger partial charge >= 0.3 is 0 Å². The second-order valence-corrected chi connectivity index (χ2v) is 4.49. The fraction of sp³-hybridized carbons (Fsp3) is 0.385. The van der Waals surface area contributed by atoms with Gasteiger partial charge in [0.1, 0.15) is 0 Å². The Balaban J connectivity index is 1.96. The molecule has 1 aromatic carbocycles.